The van der Waals surface area contributed by atoms with Gasteiger partial charge in [-0.25, -0.2) is 0 Å². The smallest absolute Gasteiger partial charge is 0.0340 e. The first-order valence-corrected chi connectivity index (χ1v) is 5.75. The first kappa shape index (κ1) is 10.7. The highest BCUT2D eigenvalue weighted by Crippen LogP contribution is 2.13. The zero-order valence-corrected chi connectivity index (χ0v) is 9.61. The molecule has 0 saturated heterocycles. The summed E-state index contributed by atoms with van der Waals surface area (Å²) >= 11 is 0. The Hall–Kier alpha value is -1.76. The van der Waals surface area contributed by atoms with Gasteiger partial charge < -0.3 is 5.32 Å². The van der Waals surface area contributed by atoms with Crippen molar-refractivity contribution in [2.45, 2.75) is 13.3 Å². The molecule has 0 atom stereocenters. The fourth-order valence-corrected chi connectivity index (χ4v) is 1.78. The number of benzene rings is 2. The molecule has 0 aliphatic heterocycles. The van der Waals surface area contributed by atoms with Crippen molar-refractivity contribution in [1.29, 1.82) is 0 Å². The minimum absolute atomic E-state index is 0.970. The molecule has 2 rings (SSSR count). The van der Waals surface area contributed by atoms with Crippen LogP contribution in [0.2, 0.25) is 0 Å². The number of rotatable bonds is 4. The summed E-state index contributed by atoms with van der Waals surface area (Å²) in [4.78, 5) is 0. The minimum Gasteiger partial charge on any atom is -0.385 e. The average Bonchev–Trinajstić information content (AvgIpc) is 2.33. The van der Waals surface area contributed by atoms with Crippen molar-refractivity contribution >= 4 is 5.69 Å². The second kappa shape index (κ2) is 5.36. The largest absolute Gasteiger partial charge is 0.385 e. The molecule has 1 heteroatoms. The van der Waals surface area contributed by atoms with Gasteiger partial charge in [-0.05, 0) is 36.6 Å². The Bertz CT molecular complexity index is 417. The zero-order valence-electron chi connectivity index (χ0n) is 9.61. The molecule has 0 unspecified atom stereocenters. The van der Waals surface area contributed by atoms with E-state index in [1.807, 2.05) is 0 Å². The summed E-state index contributed by atoms with van der Waals surface area (Å²) in [6.45, 7) is 3.08. The second-order valence-corrected chi connectivity index (χ2v) is 3.89. The minimum atomic E-state index is 0.970. The molecule has 16 heavy (non-hydrogen) atoms. The van der Waals surface area contributed by atoms with Crippen LogP contribution >= 0.6 is 0 Å². The monoisotopic (exact) mass is 211 g/mol. The lowest BCUT2D eigenvalue weighted by molar-refractivity contribution is 1.18. The highest BCUT2D eigenvalue weighted by Gasteiger charge is 1.95. The van der Waals surface area contributed by atoms with Gasteiger partial charge in [0.2, 0.25) is 0 Å². The summed E-state index contributed by atoms with van der Waals surface area (Å²) in [5, 5.41) is 3.30. The standard InChI is InChI=1S/C15H17N/c1-2-16-15-10-8-14(9-11-15)12-13-6-4-3-5-7-13/h3-11,16H,2,12H2,1H3. The summed E-state index contributed by atoms with van der Waals surface area (Å²) in [5.41, 5.74) is 3.91. The lowest BCUT2D eigenvalue weighted by Crippen LogP contribution is -1.96. The average molecular weight is 211 g/mol. The van der Waals surface area contributed by atoms with E-state index in [9.17, 15) is 0 Å². The molecule has 0 bridgehead atoms. The first-order chi connectivity index (χ1) is 7.88. The zero-order chi connectivity index (χ0) is 11.2. The van der Waals surface area contributed by atoms with E-state index >= 15 is 0 Å². The Morgan fingerprint density at radius 1 is 0.812 bits per heavy atom. The van der Waals surface area contributed by atoms with Gasteiger partial charge in [-0.15, -0.1) is 0 Å². The van der Waals surface area contributed by atoms with Crippen LogP contribution in [0.15, 0.2) is 54.6 Å². The van der Waals surface area contributed by atoms with Crippen molar-refractivity contribution in [2.24, 2.45) is 0 Å². The summed E-state index contributed by atoms with van der Waals surface area (Å²) < 4.78 is 0. The Morgan fingerprint density at radius 2 is 1.44 bits per heavy atom. The van der Waals surface area contributed by atoms with Gasteiger partial charge in [0, 0.05) is 12.2 Å². The molecular formula is C15H17N. The van der Waals surface area contributed by atoms with Crippen molar-refractivity contribution in [3.05, 3.63) is 65.7 Å². The molecule has 0 aliphatic carbocycles. The molecule has 0 aromatic heterocycles. The molecule has 0 saturated carbocycles. The van der Waals surface area contributed by atoms with Crippen LogP contribution in [-0.4, -0.2) is 6.54 Å². The number of anilines is 1. The maximum atomic E-state index is 3.30. The number of nitrogens with one attached hydrogen (secondary N) is 1. The lowest BCUT2D eigenvalue weighted by atomic mass is 10.0. The Kier molecular flexibility index (Phi) is 3.60. The van der Waals surface area contributed by atoms with Crippen molar-refractivity contribution in [3.8, 4) is 0 Å². The number of hydrogen-bond donors (Lipinski definition) is 1. The fraction of sp³-hybridized carbons (Fsp3) is 0.200. The molecule has 0 aliphatic rings. The van der Waals surface area contributed by atoms with Crippen LogP contribution in [0, 0.1) is 0 Å². The third kappa shape index (κ3) is 2.86. The lowest BCUT2D eigenvalue weighted by Gasteiger charge is -2.05. The van der Waals surface area contributed by atoms with Gasteiger partial charge in [0.1, 0.15) is 0 Å². The third-order valence-electron chi connectivity index (χ3n) is 2.59. The van der Waals surface area contributed by atoms with Crippen molar-refractivity contribution in [2.75, 3.05) is 11.9 Å². The predicted molar refractivity (Wildman–Crippen MR) is 69.9 cm³/mol. The van der Waals surface area contributed by atoms with Gasteiger partial charge >= 0.3 is 0 Å². The molecule has 0 radical (unpaired) electrons. The van der Waals surface area contributed by atoms with E-state index in [1.54, 1.807) is 0 Å². The molecule has 0 heterocycles. The van der Waals surface area contributed by atoms with E-state index in [4.69, 9.17) is 0 Å². The molecule has 0 amide bonds. The van der Waals surface area contributed by atoms with Crippen molar-refractivity contribution in [3.63, 3.8) is 0 Å². The molecule has 1 N–H and O–H groups in total. The van der Waals surface area contributed by atoms with E-state index < -0.39 is 0 Å². The van der Waals surface area contributed by atoms with Crippen LogP contribution in [0.5, 0.6) is 0 Å². The molecular weight excluding hydrogens is 194 g/mol. The maximum absolute atomic E-state index is 3.30. The molecule has 1 nitrogen and oxygen atoms in total. The molecule has 0 fully saturated rings. The van der Waals surface area contributed by atoms with Crippen LogP contribution < -0.4 is 5.32 Å². The van der Waals surface area contributed by atoms with Crippen LogP contribution in [-0.2, 0) is 6.42 Å². The third-order valence-corrected chi connectivity index (χ3v) is 2.59. The van der Waals surface area contributed by atoms with Crippen LogP contribution in [0.1, 0.15) is 18.1 Å². The highest BCUT2D eigenvalue weighted by molar-refractivity contribution is 5.45. The second-order valence-electron chi connectivity index (χ2n) is 3.89. The van der Waals surface area contributed by atoms with Crippen LogP contribution in [0.25, 0.3) is 0 Å². The Morgan fingerprint density at radius 3 is 2.06 bits per heavy atom. The van der Waals surface area contributed by atoms with Gasteiger partial charge in [-0.1, -0.05) is 42.5 Å². The van der Waals surface area contributed by atoms with Crippen LogP contribution in [0.4, 0.5) is 5.69 Å². The summed E-state index contributed by atoms with van der Waals surface area (Å²) in [7, 11) is 0. The van der Waals surface area contributed by atoms with E-state index in [2.05, 4.69) is 66.8 Å². The topological polar surface area (TPSA) is 12.0 Å². The normalized spacial score (nSPS) is 10.1. The Balaban J connectivity index is 2.05. The van der Waals surface area contributed by atoms with Crippen molar-refractivity contribution < 1.29 is 0 Å². The quantitative estimate of drug-likeness (QED) is 0.813. The highest BCUT2D eigenvalue weighted by atomic mass is 14.8. The fourth-order valence-electron chi connectivity index (χ4n) is 1.78. The van der Waals surface area contributed by atoms with E-state index in [-0.39, 0.29) is 0 Å². The number of hydrogen-bond acceptors (Lipinski definition) is 1. The maximum Gasteiger partial charge on any atom is 0.0340 e. The Labute approximate surface area is 97.1 Å². The molecule has 82 valence electrons. The van der Waals surface area contributed by atoms with E-state index in [1.165, 1.54) is 16.8 Å². The van der Waals surface area contributed by atoms with Gasteiger partial charge in [-0.3, -0.25) is 0 Å². The SMILES string of the molecule is CCNc1ccc(Cc2ccccc2)cc1. The van der Waals surface area contributed by atoms with Crippen molar-refractivity contribution in [1.82, 2.24) is 0 Å². The van der Waals surface area contributed by atoms with Crippen LogP contribution in [0.3, 0.4) is 0 Å². The molecule has 2 aromatic rings. The predicted octanol–water partition coefficient (Wildman–Crippen LogP) is 3.71. The first-order valence-electron chi connectivity index (χ1n) is 5.75. The van der Waals surface area contributed by atoms with E-state index in [0.29, 0.717) is 0 Å². The molecule has 0 spiro atoms. The van der Waals surface area contributed by atoms with Gasteiger partial charge in [0.25, 0.3) is 0 Å². The van der Waals surface area contributed by atoms with Gasteiger partial charge in [0.05, 0.1) is 0 Å². The van der Waals surface area contributed by atoms with Gasteiger partial charge in [0.15, 0.2) is 0 Å². The summed E-state index contributed by atoms with van der Waals surface area (Å²) in [5.74, 6) is 0. The van der Waals surface area contributed by atoms with Gasteiger partial charge in [-0.2, -0.15) is 0 Å². The summed E-state index contributed by atoms with van der Waals surface area (Å²) in [6.07, 6.45) is 1.01. The summed E-state index contributed by atoms with van der Waals surface area (Å²) in [6, 6.07) is 19.2. The van der Waals surface area contributed by atoms with E-state index in [0.717, 1.165) is 13.0 Å². The molecule has 2 aromatic carbocycles.